The Morgan fingerprint density at radius 1 is 1.24 bits per heavy atom. The summed E-state index contributed by atoms with van der Waals surface area (Å²) in [5, 5.41) is 7.48. The third-order valence-electron chi connectivity index (χ3n) is 5.60. The first-order valence-corrected chi connectivity index (χ1v) is 10.5. The molecule has 156 valence electrons. The van der Waals surface area contributed by atoms with Gasteiger partial charge in [-0.05, 0) is 37.3 Å². The fourth-order valence-corrected chi connectivity index (χ4v) is 3.98. The van der Waals surface area contributed by atoms with Crippen LogP contribution in [0.25, 0.3) is 0 Å². The van der Waals surface area contributed by atoms with Crippen LogP contribution in [0.5, 0.6) is 5.88 Å². The molecule has 2 fully saturated rings. The molecule has 2 aliphatic rings. The van der Waals surface area contributed by atoms with Crippen molar-refractivity contribution in [3.8, 4) is 5.88 Å². The largest absolute Gasteiger partial charge is 0.474 e. The summed E-state index contributed by atoms with van der Waals surface area (Å²) in [5.74, 6) is 1.66. The zero-order chi connectivity index (χ0) is 19.9. The molecule has 0 radical (unpaired) electrons. The number of hydrogen-bond donors (Lipinski definition) is 1. The molecule has 8 heteroatoms. The average molecular weight is 399 g/mol. The van der Waals surface area contributed by atoms with E-state index in [1.807, 2.05) is 31.4 Å². The summed E-state index contributed by atoms with van der Waals surface area (Å²) in [4.78, 5) is 13.5. The van der Waals surface area contributed by atoms with Gasteiger partial charge in [-0.2, -0.15) is 0 Å². The van der Waals surface area contributed by atoms with Gasteiger partial charge in [-0.1, -0.05) is 5.16 Å². The molecule has 0 aromatic carbocycles. The van der Waals surface area contributed by atoms with Crippen LogP contribution in [0.4, 0.5) is 0 Å². The van der Waals surface area contributed by atoms with Crippen LogP contribution < -0.4 is 10.1 Å². The van der Waals surface area contributed by atoms with Gasteiger partial charge < -0.3 is 19.5 Å². The van der Waals surface area contributed by atoms with E-state index in [1.165, 1.54) is 12.8 Å². The molecule has 4 rings (SSSR count). The smallest absolute Gasteiger partial charge is 0.213 e. The second-order valence-electron chi connectivity index (χ2n) is 7.68. The molecule has 0 bridgehead atoms. The van der Waals surface area contributed by atoms with Crippen LogP contribution in [0.15, 0.2) is 40.2 Å². The second kappa shape index (κ2) is 9.73. The first-order valence-electron chi connectivity index (χ1n) is 10.5. The SMILES string of the molecule is CN=C(NCc1ccnc(OC2CCCC2)c1)N1CCN(Cc2ccon2)CC1. The Kier molecular flexibility index (Phi) is 6.61. The first-order chi connectivity index (χ1) is 14.3. The summed E-state index contributed by atoms with van der Waals surface area (Å²) < 4.78 is 10.9. The lowest BCUT2D eigenvalue weighted by Crippen LogP contribution is -2.52. The number of aromatic nitrogens is 2. The lowest BCUT2D eigenvalue weighted by atomic mass is 10.2. The van der Waals surface area contributed by atoms with Crippen molar-refractivity contribution in [3.05, 3.63) is 41.9 Å². The van der Waals surface area contributed by atoms with Gasteiger partial charge in [0.25, 0.3) is 0 Å². The number of aliphatic imine (C=N–C) groups is 1. The predicted molar refractivity (Wildman–Crippen MR) is 111 cm³/mol. The van der Waals surface area contributed by atoms with Crippen LogP contribution in [0.1, 0.15) is 36.9 Å². The van der Waals surface area contributed by atoms with Crippen molar-refractivity contribution >= 4 is 5.96 Å². The third-order valence-corrected chi connectivity index (χ3v) is 5.60. The van der Waals surface area contributed by atoms with Crippen LogP contribution in [-0.2, 0) is 13.1 Å². The van der Waals surface area contributed by atoms with Crippen molar-refractivity contribution in [3.63, 3.8) is 0 Å². The van der Waals surface area contributed by atoms with Crippen LogP contribution in [0.2, 0.25) is 0 Å². The van der Waals surface area contributed by atoms with Crippen molar-refractivity contribution in [2.75, 3.05) is 33.2 Å². The third kappa shape index (κ3) is 5.47. The molecule has 0 amide bonds. The van der Waals surface area contributed by atoms with Crippen LogP contribution in [-0.4, -0.2) is 65.2 Å². The summed E-state index contributed by atoms with van der Waals surface area (Å²) in [6, 6.07) is 5.98. The molecule has 1 N–H and O–H groups in total. The van der Waals surface area contributed by atoms with E-state index in [4.69, 9.17) is 9.26 Å². The minimum Gasteiger partial charge on any atom is -0.474 e. The summed E-state index contributed by atoms with van der Waals surface area (Å²) in [6.07, 6.45) is 8.57. The van der Waals surface area contributed by atoms with Gasteiger partial charge in [-0.25, -0.2) is 4.98 Å². The standard InChI is InChI=1S/C21H30N6O2/c1-22-21(27-11-9-26(10-12-27)16-18-7-13-28-25-18)24-15-17-6-8-23-20(14-17)29-19-4-2-3-5-19/h6-8,13-14,19H,2-5,9-12,15-16H2,1H3,(H,22,24). The molecule has 1 aliphatic heterocycles. The van der Waals surface area contributed by atoms with Crippen molar-refractivity contribution in [2.45, 2.75) is 44.9 Å². The predicted octanol–water partition coefficient (Wildman–Crippen LogP) is 2.28. The molecular weight excluding hydrogens is 368 g/mol. The molecular formula is C21H30N6O2. The fraction of sp³-hybridized carbons (Fsp3) is 0.571. The van der Waals surface area contributed by atoms with Gasteiger partial charge in [0.15, 0.2) is 5.96 Å². The molecule has 1 saturated heterocycles. The Morgan fingerprint density at radius 3 is 2.79 bits per heavy atom. The second-order valence-corrected chi connectivity index (χ2v) is 7.68. The molecule has 29 heavy (non-hydrogen) atoms. The van der Waals surface area contributed by atoms with Crippen LogP contribution >= 0.6 is 0 Å². The van der Waals surface area contributed by atoms with E-state index in [-0.39, 0.29) is 0 Å². The van der Waals surface area contributed by atoms with Crippen molar-refractivity contribution in [1.29, 1.82) is 0 Å². The Hall–Kier alpha value is -2.61. The van der Waals surface area contributed by atoms with Crippen LogP contribution in [0.3, 0.4) is 0 Å². The Balaban J connectivity index is 1.25. The van der Waals surface area contributed by atoms with Gasteiger partial charge in [0, 0.05) is 64.6 Å². The Bertz CT molecular complexity index is 780. The number of nitrogens with zero attached hydrogens (tertiary/aromatic N) is 5. The molecule has 8 nitrogen and oxygen atoms in total. The number of pyridine rings is 1. The average Bonchev–Trinajstić information content (AvgIpc) is 3.44. The number of hydrogen-bond acceptors (Lipinski definition) is 6. The molecule has 3 heterocycles. The van der Waals surface area contributed by atoms with E-state index in [9.17, 15) is 0 Å². The minimum atomic E-state index is 0.326. The normalized spacial score (nSPS) is 18.9. The van der Waals surface area contributed by atoms with Gasteiger partial charge in [-0.3, -0.25) is 9.89 Å². The van der Waals surface area contributed by atoms with Gasteiger partial charge in [0.1, 0.15) is 12.4 Å². The lowest BCUT2D eigenvalue weighted by molar-refractivity contribution is 0.169. The zero-order valence-electron chi connectivity index (χ0n) is 17.1. The molecule has 0 unspecified atom stereocenters. The lowest BCUT2D eigenvalue weighted by Gasteiger charge is -2.36. The fourth-order valence-electron chi connectivity index (χ4n) is 3.98. The molecule has 1 aliphatic carbocycles. The van der Waals surface area contributed by atoms with Crippen molar-refractivity contribution in [1.82, 2.24) is 25.3 Å². The van der Waals surface area contributed by atoms with Crippen LogP contribution in [0, 0.1) is 0 Å². The van der Waals surface area contributed by atoms with Gasteiger partial charge in [0.2, 0.25) is 5.88 Å². The van der Waals surface area contributed by atoms with E-state index < -0.39 is 0 Å². The maximum absolute atomic E-state index is 6.02. The number of guanidine groups is 1. The van der Waals surface area contributed by atoms with E-state index in [1.54, 1.807) is 6.26 Å². The molecule has 2 aromatic rings. The topological polar surface area (TPSA) is 79.0 Å². The summed E-state index contributed by atoms with van der Waals surface area (Å²) in [6.45, 7) is 5.35. The maximum atomic E-state index is 6.02. The number of ether oxygens (including phenoxy) is 1. The highest BCUT2D eigenvalue weighted by atomic mass is 16.5. The van der Waals surface area contributed by atoms with Gasteiger partial charge in [-0.15, -0.1) is 0 Å². The first kappa shape index (κ1) is 19.7. The van der Waals surface area contributed by atoms with E-state index in [0.717, 1.165) is 68.7 Å². The number of rotatable bonds is 6. The summed E-state index contributed by atoms with van der Waals surface area (Å²) in [7, 11) is 1.84. The summed E-state index contributed by atoms with van der Waals surface area (Å²) >= 11 is 0. The monoisotopic (exact) mass is 398 g/mol. The van der Waals surface area contributed by atoms with Gasteiger partial charge >= 0.3 is 0 Å². The molecule has 1 saturated carbocycles. The quantitative estimate of drug-likeness (QED) is 0.591. The van der Waals surface area contributed by atoms with E-state index in [2.05, 4.69) is 30.2 Å². The van der Waals surface area contributed by atoms with E-state index >= 15 is 0 Å². The van der Waals surface area contributed by atoms with Crippen molar-refractivity contribution < 1.29 is 9.26 Å². The Labute approximate surface area is 171 Å². The Morgan fingerprint density at radius 2 is 2.07 bits per heavy atom. The van der Waals surface area contributed by atoms with E-state index in [0.29, 0.717) is 12.6 Å². The highest BCUT2D eigenvalue weighted by Gasteiger charge is 2.20. The van der Waals surface area contributed by atoms with Gasteiger partial charge in [0.05, 0.1) is 5.69 Å². The molecule has 0 atom stereocenters. The number of nitrogens with one attached hydrogen (secondary N) is 1. The highest BCUT2D eigenvalue weighted by molar-refractivity contribution is 5.80. The molecule has 2 aromatic heterocycles. The zero-order valence-corrected chi connectivity index (χ0v) is 17.1. The molecule has 0 spiro atoms. The number of piperazine rings is 1. The summed E-state index contributed by atoms with van der Waals surface area (Å²) in [5.41, 5.74) is 2.13. The highest BCUT2D eigenvalue weighted by Crippen LogP contribution is 2.23. The maximum Gasteiger partial charge on any atom is 0.213 e. The van der Waals surface area contributed by atoms with Crippen molar-refractivity contribution in [2.24, 2.45) is 4.99 Å². The minimum absolute atomic E-state index is 0.326.